The van der Waals surface area contributed by atoms with Gasteiger partial charge >= 0.3 is 11.9 Å². The van der Waals surface area contributed by atoms with Crippen LogP contribution in [-0.2, 0) is 16.0 Å². The van der Waals surface area contributed by atoms with Crippen LogP contribution in [0, 0.1) is 6.92 Å². The monoisotopic (exact) mass is 330 g/mol. The first-order valence-electron chi connectivity index (χ1n) is 7.11. The summed E-state index contributed by atoms with van der Waals surface area (Å²) in [5.74, 6) is -2.34. The van der Waals surface area contributed by atoms with Crippen molar-refractivity contribution in [3.05, 3.63) is 65.8 Å². The molecule has 0 saturated carbocycles. The number of rotatable bonds is 6. The molecular weight excluding hydrogens is 312 g/mol. The van der Waals surface area contributed by atoms with E-state index in [1.165, 1.54) is 0 Å². The van der Waals surface area contributed by atoms with Gasteiger partial charge in [-0.15, -0.1) is 0 Å². The highest BCUT2D eigenvalue weighted by atomic mass is 16.4. The fourth-order valence-corrected chi connectivity index (χ4v) is 1.78. The molecule has 3 N–H and O–H groups in total. The van der Waals surface area contributed by atoms with Gasteiger partial charge in [-0.3, -0.25) is 4.79 Å². The molecule has 0 spiro atoms. The van der Waals surface area contributed by atoms with Gasteiger partial charge in [0, 0.05) is 29.8 Å². The lowest BCUT2D eigenvalue weighted by Crippen LogP contribution is -2.01. The van der Waals surface area contributed by atoms with E-state index in [0.29, 0.717) is 25.0 Å². The molecule has 1 heterocycles. The first-order chi connectivity index (χ1) is 11.4. The summed E-state index contributed by atoms with van der Waals surface area (Å²) in [7, 11) is 0. The summed E-state index contributed by atoms with van der Waals surface area (Å²) in [4.78, 5) is 38.1. The minimum absolute atomic E-state index is 0.169. The minimum Gasteiger partial charge on any atom is -0.478 e. The highest BCUT2D eigenvalue weighted by molar-refractivity contribution is 5.96. The number of nitrogens with zero attached hydrogens (tertiary/aromatic N) is 1. The Morgan fingerprint density at radius 1 is 1.08 bits per heavy atom. The van der Waals surface area contributed by atoms with Gasteiger partial charge in [0.25, 0.3) is 0 Å². The van der Waals surface area contributed by atoms with Gasteiger partial charge in [0.05, 0.1) is 12.0 Å². The first-order valence-corrected chi connectivity index (χ1v) is 7.11. The molecule has 24 heavy (non-hydrogen) atoms. The molecule has 0 radical (unpaired) electrons. The van der Waals surface area contributed by atoms with Crippen LogP contribution < -0.4 is 0 Å². The van der Waals surface area contributed by atoms with Gasteiger partial charge in [-0.25, -0.2) is 14.6 Å². The summed E-state index contributed by atoms with van der Waals surface area (Å²) in [5, 5.41) is 15.6. The number of ketones is 1. The number of H-pyrrole nitrogens is 1. The number of aromatic amines is 1. The maximum absolute atomic E-state index is 11.8. The Morgan fingerprint density at radius 2 is 1.67 bits per heavy atom. The van der Waals surface area contributed by atoms with Crippen LogP contribution in [-0.4, -0.2) is 37.9 Å². The number of nitrogens with one attached hydrogen (secondary N) is 1. The molecule has 0 atom stereocenters. The number of hydrogen-bond donors (Lipinski definition) is 3. The van der Waals surface area contributed by atoms with Crippen molar-refractivity contribution in [2.45, 2.75) is 19.8 Å². The zero-order valence-electron chi connectivity index (χ0n) is 13.1. The molecule has 7 heteroatoms. The van der Waals surface area contributed by atoms with E-state index in [0.717, 1.165) is 17.0 Å². The molecule has 126 valence electrons. The number of aliphatic carboxylic acids is 2. The second-order valence-corrected chi connectivity index (χ2v) is 4.77. The van der Waals surface area contributed by atoms with Crippen molar-refractivity contribution in [1.82, 2.24) is 9.97 Å². The summed E-state index contributed by atoms with van der Waals surface area (Å²) in [6.45, 7) is 1.97. The van der Waals surface area contributed by atoms with Gasteiger partial charge in [-0.2, -0.15) is 0 Å². The SMILES string of the molecule is Cc1[nH]cnc1CCC(=O)c1ccccc1.O=C(O)C=CC(=O)O. The van der Waals surface area contributed by atoms with Crippen LogP contribution >= 0.6 is 0 Å². The van der Waals surface area contributed by atoms with Crippen molar-refractivity contribution >= 4 is 17.7 Å². The summed E-state index contributed by atoms with van der Waals surface area (Å²) in [5.41, 5.74) is 2.79. The molecule has 0 aliphatic heterocycles. The third kappa shape index (κ3) is 7.17. The second-order valence-electron chi connectivity index (χ2n) is 4.77. The molecule has 1 aromatic carbocycles. The smallest absolute Gasteiger partial charge is 0.328 e. The van der Waals surface area contributed by atoms with Gasteiger partial charge in [-0.1, -0.05) is 30.3 Å². The van der Waals surface area contributed by atoms with Gasteiger partial charge in [0.2, 0.25) is 0 Å². The number of aromatic nitrogens is 2. The number of carbonyl (C=O) groups is 3. The van der Waals surface area contributed by atoms with E-state index < -0.39 is 11.9 Å². The van der Waals surface area contributed by atoms with E-state index in [-0.39, 0.29) is 5.78 Å². The number of hydrogen-bond acceptors (Lipinski definition) is 4. The lowest BCUT2D eigenvalue weighted by molar-refractivity contribution is -0.134. The van der Waals surface area contributed by atoms with Crippen molar-refractivity contribution < 1.29 is 24.6 Å². The summed E-state index contributed by atoms with van der Waals surface area (Å²) in [6, 6.07) is 9.37. The van der Waals surface area contributed by atoms with Crippen molar-refractivity contribution in [3.8, 4) is 0 Å². The number of carbonyl (C=O) groups excluding carboxylic acids is 1. The molecule has 0 amide bonds. The predicted molar refractivity (Wildman–Crippen MR) is 86.8 cm³/mol. The lowest BCUT2D eigenvalue weighted by Gasteiger charge is -2.00. The average Bonchev–Trinajstić information content (AvgIpc) is 2.97. The fraction of sp³-hybridized carbons (Fsp3) is 0.176. The maximum Gasteiger partial charge on any atom is 0.328 e. The molecule has 0 bridgehead atoms. The molecule has 0 aliphatic rings. The molecule has 2 aromatic rings. The van der Waals surface area contributed by atoms with Crippen molar-refractivity contribution in [2.75, 3.05) is 0 Å². The van der Waals surface area contributed by atoms with Gasteiger partial charge in [0.1, 0.15) is 0 Å². The molecule has 7 nitrogen and oxygen atoms in total. The van der Waals surface area contributed by atoms with E-state index in [9.17, 15) is 14.4 Å². The average molecular weight is 330 g/mol. The summed E-state index contributed by atoms with van der Waals surface area (Å²) >= 11 is 0. The second kappa shape index (κ2) is 9.73. The number of Topliss-reactive ketones (excluding diaryl/α,β-unsaturated/α-hetero) is 1. The van der Waals surface area contributed by atoms with Crippen LogP contribution in [0.15, 0.2) is 48.8 Å². The summed E-state index contributed by atoms with van der Waals surface area (Å²) in [6.07, 6.45) is 3.99. The number of carboxylic acid groups (broad SMARTS) is 2. The highest BCUT2D eigenvalue weighted by Gasteiger charge is 2.07. The molecular formula is C17H18N2O5. The van der Waals surface area contributed by atoms with Crippen molar-refractivity contribution in [3.63, 3.8) is 0 Å². The number of benzene rings is 1. The Kier molecular flexibility index (Phi) is 7.63. The zero-order chi connectivity index (χ0) is 17.9. The first kappa shape index (κ1) is 18.8. The zero-order valence-corrected chi connectivity index (χ0v) is 13.1. The lowest BCUT2D eigenvalue weighted by atomic mass is 10.1. The number of carboxylic acids is 2. The Balaban J connectivity index is 0.000000307. The van der Waals surface area contributed by atoms with Gasteiger partial charge < -0.3 is 15.2 Å². The van der Waals surface area contributed by atoms with E-state index in [1.807, 2.05) is 37.3 Å². The highest BCUT2D eigenvalue weighted by Crippen LogP contribution is 2.08. The normalized spacial score (nSPS) is 10.0. The van der Waals surface area contributed by atoms with E-state index >= 15 is 0 Å². The molecule has 0 unspecified atom stereocenters. The van der Waals surface area contributed by atoms with E-state index in [4.69, 9.17) is 10.2 Å². The third-order valence-corrected chi connectivity index (χ3v) is 2.99. The van der Waals surface area contributed by atoms with E-state index in [1.54, 1.807) is 6.33 Å². The van der Waals surface area contributed by atoms with Crippen LogP contribution in [0.4, 0.5) is 0 Å². The Morgan fingerprint density at radius 3 is 2.12 bits per heavy atom. The Hall–Kier alpha value is -3.22. The topological polar surface area (TPSA) is 120 Å². The minimum atomic E-state index is -1.26. The van der Waals surface area contributed by atoms with Crippen molar-refractivity contribution in [1.29, 1.82) is 0 Å². The fourth-order valence-electron chi connectivity index (χ4n) is 1.78. The molecule has 0 saturated heterocycles. The molecule has 1 aromatic heterocycles. The quantitative estimate of drug-likeness (QED) is 0.552. The molecule has 0 fully saturated rings. The van der Waals surface area contributed by atoms with E-state index in [2.05, 4.69) is 9.97 Å². The van der Waals surface area contributed by atoms with Crippen LogP contribution in [0.5, 0.6) is 0 Å². The third-order valence-electron chi connectivity index (χ3n) is 2.99. The molecule has 0 aliphatic carbocycles. The maximum atomic E-state index is 11.8. The van der Waals surface area contributed by atoms with Crippen molar-refractivity contribution in [2.24, 2.45) is 0 Å². The van der Waals surface area contributed by atoms with Crippen LogP contribution in [0.2, 0.25) is 0 Å². The molecule has 2 rings (SSSR count). The van der Waals surface area contributed by atoms with Gasteiger partial charge in [-0.05, 0) is 13.3 Å². The Bertz CT molecular complexity index is 704. The standard InChI is InChI=1S/C13H14N2O.C4H4O4/c1-10-12(15-9-14-10)7-8-13(16)11-5-3-2-4-6-11;5-3(6)1-2-4(7)8/h2-6,9H,7-8H2,1H3,(H,14,15);1-2H,(H,5,6)(H,7,8). The van der Waals surface area contributed by atoms with Crippen LogP contribution in [0.25, 0.3) is 0 Å². The largest absolute Gasteiger partial charge is 0.478 e. The van der Waals surface area contributed by atoms with Crippen LogP contribution in [0.1, 0.15) is 28.2 Å². The Labute approximate surface area is 138 Å². The number of imidazole rings is 1. The summed E-state index contributed by atoms with van der Waals surface area (Å²) < 4.78 is 0. The van der Waals surface area contributed by atoms with Gasteiger partial charge in [0.15, 0.2) is 5.78 Å². The predicted octanol–water partition coefficient (Wildman–Crippen LogP) is 2.25. The van der Waals surface area contributed by atoms with Crippen LogP contribution in [0.3, 0.4) is 0 Å². The number of aryl methyl sites for hydroxylation is 2.